The highest BCUT2D eigenvalue weighted by atomic mass is 32.2. The maximum Gasteiger partial charge on any atom is 0.199 e. The molecule has 0 saturated carbocycles. The van der Waals surface area contributed by atoms with E-state index in [1.807, 2.05) is 13.8 Å². The fraction of sp³-hybridized carbons (Fsp3) is 0.273. The van der Waals surface area contributed by atoms with Gasteiger partial charge in [-0.2, -0.15) is 0 Å². The van der Waals surface area contributed by atoms with E-state index in [2.05, 4.69) is 0 Å². The third-order valence-corrected chi connectivity index (χ3v) is 3.16. The molecule has 76 valence electrons. The monoisotopic (exact) mass is 210 g/mol. The molecule has 0 atom stereocenters. The van der Waals surface area contributed by atoms with Gasteiger partial charge in [-0.25, -0.2) is 8.42 Å². The predicted octanol–water partition coefficient (Wildman–Crippen LogP) is 2.63. The normalized spacial score (nSPS) is 12.5. The lowest BCUT2D eigenvalue weighted by atomic mass is 10.2. The van der Waals surface area contributed by atoms with Crippen molar-refractivity contribution in [3.05, 3.63) is 41.8 Å². The smallest absolute Gasteiger partial charge is 0.199 e. The highest BCUT2D eigenvalue weighted by Crippen LogP contribution is 2.12. The lowest BCUT2D eigenvalue weighted by molar-refractivity contribution is 0.604. The van der Waals surface area contributed by atoms with Gasteiger partial charge in [-0.1, -0.05) is 38.1 Å². The number of rotatable bonds is 3. The van der Waals surface area contributed by atoms with E-state index in [4.69, 9.17) is 0 Å². The van der Waals surface area contributed by atoms with Crippen molar-refractivity contribution in [2.24, 2.45) is 5.92 Å². The Morgan fingerprint density at radius 3 is 2.21 bits per heavy atom. The summed E-state index contributed by atoms with van der Waals surface area (Å²) in [6.45, 7) is 3.88. The van der Waals surface area contributed by atoms with Crippen LogP contribution in [0.25, 0.3) is 0 Å². The Kier molecular flexibility index (Phi) is 3.47. The van der Waals surface area contributed by atoms with Gasteiger partial charge in [0.1, 0.15) is 0 Å². The van der Waals surface area contributed by atoms with Crippen molar-refractivity contribution in [2.45, 2.75) is 18.7 Å². The number of allylic oxidation sites excluding steroid dienone is 1. The maximum absolute atomic E-state index is 11.6. The standard InChI is InChI=1S/C11H14O2S/c1-10(2)8-9-14(12,13)11-6-4-3-5-7-11/h3-10H,1-2H3. The molecular formula is C11H14O2S. The van der Waals surface area contributed by atoms with Gasteiger partial charge in [-0.15, -0.1) is 0 Å². The Labute approximate surface area is 85.2 Å². The van der Waals surface area contributed by atoms with Crippen LogP contribution in [-0.4, -0.2) is 8.42 Å². The van der Waals surface area contributed by atoms with E-state index in [1.165, 1.54) is 5.41 Å². The van der Waals surface area contributed by atoms with E-state index in [-0.39, 0.29) is 5.92 Å². The minimum Gasteiger partial charge on any atom is -0.219 e. The minimum absolute atomic E-state index is 0.244. The zero-order valence-electron chi connectivity index (χ0n) is 8.34. The molecule has 0 amide bonds. The molecule has 0 saturated heterocycles. The molecule has 2 nitrogen and oxygen atoms in total. The summed E-state index contributed by atoms with van der Waals surface area (Å²) < 4.78 is 23.3. The Morgan fingerprint density at radius 1 is 1.14 bits per heavy atom. The van der Waals surface area contributed by atoms with E-state index in [9.17, 15) is 8.42 Å². The molecule has 1 aromatic rings. The largest absolute Gasteiger partial charge is 0.219 e. The molecule has 0 aliphatic carbocycles. The van der Waals surface area contributed by atoms with Gasteiger partial charge in [-0.3, -0.25) is 0 Å². The van der Waals surface area contributed by atoms with E-state index < -0.39 is 9.84 Å². The Morgan fingerprint density at radius 2 is 1.71 bits per heavy atom. The number of hydrogen-bond acceptors (Lipinski definition) is 2. The van der Waals surface area contributed by atoms with Gasteiger partial charge >= 0.3 is 0 Å². The second-order valence-electron chi connectivity index (χ2n) is 3.43. The molecule has 0 N–H and O–H groups in total. The first kappa shape index (κ1) is 11.0. The molecule has 0 heterocycles. The van der Waals surface area contributed by atoms with Crippen molar-refractivity contribution in [2.75, 3.05) is 0 Å². The highest BCUT2D eigenvalue weighted by Gasteiger charge is 2.08. The fourth-order valence-electron chi connectivity index (χ4n) is 0.949. The zero-order valence-corrected chi connectivity index (χ0v) is 9.16. The fourth-order valence-corrected chi connectivity index (χ4v) is 2.16. The number of sulfone groups is 1. The molecule has 0 aromatic heterocycles. The first-order valence-corrected chi connectivity index (χ1v) is 6.05. The van der Waals surface area contributed by atoms with Crippen LogP contribution in [0.2, 0.25) is 0 Å². The molecule has 3 heteroatoms. The maximum atomic E-state index is 11.6. The summed E-state index contributed by atoms with van der Waals surface area (Å²) in [5.74, 6) is 0.244. The van der Waals surface area contributed by atoms with Gasteiger partial charge in [-0.05, 0) is 18.1 Å². The predicted molar refractivity (Wildman–Crippen MR) is 57.6 cm³/mol. The van der Waals surface area contributed by atoms with Crippen molar-refractivity contribution in [3.63, 3.8) is 0 Å². The van der Waals surface area contributed by atoms with Gasteiger partial charge < -0.3 is 0 Å². The summed E-state index contributed by atoms with van der Waals surface area (Å²) in [5.41, 5.74) is 0. The number of benzene rings is 1. The van der Waals surface area contributed by atoms with Crippen LogP contribution < -0.4 is 0 Å². The first-order valence-electron chi connectivity index (χ1n) is 4.51. The Bertz CT molecular complexity index is 402. The van der Waals surface area contributed by atoms with Crippen molar-refractivity contribution < 1.29 is 8.42 Å². The molecule has 0 spiro atoms. The molecular weight excluding hydrogens is 196 g/mol. The molecule has 0 aliphatic rings. The summed E-state index contributed by atoms with van der Waals surface area (Å²) in [4.78, 5) is 0.344. The topological polar surface area (TPSA) is 34.1 Å². The number of hydrogen-bond donors (Lipinski definition) is 0. The lowest BCUT2D eigenvalue weighted by Gasteiger charge is -1.98. The highest BCUT2D eigenvalue weighted by molar-refractivity contribution is 7.94. The lowest BCUT2D eigenvalue weighted by Crippen LogP contribution is -1.96. The first-order chi connectivity index (χ1) is 6.52. The average molecular weight is 210 g/mol. The molecule has 0 aliphatic heterocycles. The SMILES string of the molecule is CC(C)C=CS(=O)(=O)c1ccccc1. The summed E-state index contributed by atoms with van der Waals surface area (Å²) in [6.07, 6.45) is 1.68. The molecule has 1 rings (SSSR count). The third kappa shape index (κ3) is 3.00. The molecule has 14 heavy (non-hydrogen) atoms. The molecule has 1 aromatic carbocycles. The minimum atomic E-state index is -3.24. The molecule has 0 radical (unpaired) electrons. The van der Waals surface area contributed by atoms with Crippen LogP contribution in [-0.2, 0) is 9.84 Å². The van der Waals surface area contributed by atoms with Crippen molar-refractivity contribution >= 4 is 9.84 Å². The Balaban J connectivity index is 2.99. The van der Waals surface area contributed by atoms with Gasteiger partial charge in [0.2, 0.25) is 0 Å². The van der Waals surface area contributed by atoms with Crippen LogP contribution in [0.1, 0.15) is 13.8 Å². The zero-order chi connectivity index (χ0) is 10.6. The second-order valence-corrected chi connectivity index (χ2v) is 5.26. The van der Waals surface area contributed by atoms with Gasteiger partial charge in [0.25, 0.3) is 0 Å². The molecule has 0 unspecified atom stereocenters. The van der Waals surface area contributed by atoms with E-state index in [0.717, 1.165) is 0 Å². The van der Waals surface area contributed by atoms with Crippen molar-refractivity contribution in [3.8, 4) is 0 Å². The van der Waals surface area contributed by atoms with E-state index in [0.29, 0.717) is 4.90 Å². The van der Waals surface area contributed by atoms with Crippen LogP contribution >= 0.6 is 0 Å². The van der Waals surface area contributed by atoms with E-state index >= 15 is 0 Å². The molecule has 0 bridgehead atoms. The van der Waals surface area contributed by atoms with Crippen LogP contribution in [0, 0.1) is 5.92 Å². The third-order valence-electron chi connectivity index (χ3n) is 1.71. The van der Waals surface area contributed by atoms with Crippen molar-refractivity contribution in [1.29, 1.82) is 0 Å². The van der Waals surface area contributed by atoms with Gasteiger partial charge in [0.05, 0.1) is 4.90 Å². The van der Waals surface area contributed by atoms with Gasteiger partial charge in [0.15, 0.2) is 9.84 Å². The summed E-state index contributed by atoms with van der Waals surface area (Å²) >= 11 is 0. The summed E-state index contributed by atoms with van der Waals surface area (Å²) in [7, 11) is -3.24. The van der Waals surface area contributed by atoms with Crippen LogP contribution in [0.5, 0.6) is 0 Å². The van der Waals surface area contributed by atoms with Gasteiger partial charge in [0, 0.05) is 5.41 Å². The van der Waals surface area contributed by atoms with Crippen LogP contribution in [0.3, 0.4) is 0 Å². The second kappa shape index (κ2) is 4.42. The van der Waals surface area contributed by atoms with Crippen LogP contribution in [0.4, 0.5) is 0 Å². The quantitative estimate of drug-likeness (QED) is 0.768. The van der Waals surface area contributed by atoms with Crippen molar-refractivity contribution in [1.82, 2.24) is 0 Å². The Hall–Kier alpha value is -1.09. The van der Waals surface area contributed by atoms with E-state index in [1.54, 1.807) is 36.4 Å². The summed E-state index contributed by atoms with van der Waals surface area (Å²) in [5, 5.41) is 1.27. The molecule has 0 fully saturated rings. The summed E-state index contributed by atoms with van der Waals surface area (Å²) in [6, 6.07) is 8.43. The average Bonchev–Trinajstić information content (AvgIpc) is 2.16. The van der Waals surface area contributed by atoms with Crippen LogP contribution in [0.15, 0.2) is 46.7 Å².